The molecule has 1 unspecified atom stereocenters. The van der Waals surface area contributed by atoms with Gasteiger partial charge >= 0.3 is 0 Å². The van der Waals surface area contributed by atoms with Crippen molar-refractivity contribution < 1.29 is 4.42 Å². The number of furan rings is 1. The van der Waals surface area contributed by atoms with Crippen LogP contribution >= 0.6 is 11.3 Å². The molecular weight excluding hydrogens is 270 g/mol. The molecule has 5 heteroatoms. The van der Waals surface area contributed by atoms with Crippen molar-refractivity contribution in [3.05, 3.63) is 34.7 Å². The van der Waals surface area contributed by atoms with E-state index < -0.39 is 0 Å². The molecule has 0 spiro atoms. The minimum atomic E-state index is 0.493. The summed E-state index contributed by atoms with van der Waals surface area (Å²) in [6.07, 6.45) is 5.29. The number of aromatic nitrogens is 1. The van der Waals surface area contributed by atoms with Gasteiger partial charge in [-0.3, -0.25) is 0 Å². The fourth-order valence-corrected chi connectivity index (χ4v) is 3.90. The second-order valence-electron chi connectivity index (χ2n) is 5.25. The summed E-state index contributed by atoms with van der Waals surface area (Å²) in [5.74, 6) is 0.976. The van der Waals surface area contributed by atoms with Gasteiger partial charge in [-0.25, -0.2) is 4.98 Å². The molecule has 0 aromatic carbocycles. The van der Waals surface area contributed by atoms with E-state index in [4.69, 9.17) is 9.40 Å². The Labute approximate surface area is 123 Å². The van der Waals surface area contributed by atoms with E-state index in [2.05, 4.69) is 24.2 Å². The third-order valence-corrected chi connectivity index (χ3v) is 5.01. The summed E-state index contributed by atoms with van der Waals surface area (Å²) in [5.41, 5.74) is 1.29. The molecule has 2 aromatic heterocycles. The highest BCUT2D eigenvalue weighted by Crippen LogP contribution is 2.37. The Morgan fingerprint density at radius 2 is 2.45 bits per heavy atom. The zero-order chi connectivity index (χ0) is 13.9. The van der Waals surface area contributed by atoms with Crippen LogP contribution in [0.5, 0.6) is 0 Å². The van der Waals surface area contributed by atoms with Crippen LogP contribution < -0.4 is 10.2 Å². The minimum Gasteiger partial charge on any atom is -0.467 e. The predicted molar refractivity (Wildman–Crippen MR) is 82.3 cm³/mol. The maximum atomic E-state index is 5.41. The molecular formula is C15H21N3OS. The Hall–Kier alpha value is -1.33. The van der Waals surface area contributed by atoms with Gasteiger partial charge in [0.25, 0.3) is 0 Å². The van der Waals surface area contributed by atoms with Crippen molar-refractivity contribution in [2.45, 2.75) is 38.8 Å². The summed E-state index contributed by atoms with van der Waals surface area (Å²) in [6.45, 7) is 3.95. The van der Waals surface area contributed by atoms with E-state index in [9.17, 15) is 0 Å². The lowest BCUT2D eigenvalue weighted by Gasteiger charge is -2.21. The molecule has 2 aromatic rings. The average molecular weight is 291 g/mol. The van der Waals surface area contributed by atoms with Crippen LogP contribution in [0.2, 0.25) is 0 Å². The van der Waals surface area contributed by atoms with Gasteiger partial charge in [0.15, 0.2) is 5.13 Å². The van der Waals surface area contributed by atoms with Crippen LogP contribution in [-0.4, -0.2) is 18.6 Å². The smallest absolute Gasteiger partial charge is 0.185 e. The first kappa shape index (κ1) is 13.6. The van der Waals surface area contributed by atoms with Crippen LogP contribution in [0.15, 0.2) is 22.8 Å². The lowest BCUT2D eigenvalue weighted by atomic mass is 9.98. The fourth-order valence-electron chi connectivity index (χ4n) is 2.72. The normalized spacial score (nSPS) is 18.0. The first-order chi connectivity index (χ1) is 9.78. The number of nitrogens with one attached hydrogen (secondary N) is 1. The number of fused-ring (bicyclic) bond motifs is 1. The Balaban J connectivity index is 1.78. The molecule has 0 radical (unpaired) electrons. The van der Waals surface area contributed by atoms with E-state index in [1.807, 2.05) is 23.5 Å². The maximum absolute atomic E-state index is 5.41. The standard InChI is InChI=1S/C15H21N3OS/c1-3-16-12-7-4-8-13-14(12)20-15(17-13)18(2)10-11-6-5-9-19-11/h5-6,9,12,16H,3-4,7-8,10H2,1-2H3. The third-order valence-electron chi connectivity index (χ3n) is 3.69. The molecule has 0 aliphatic heterocycles. The minimum absolute atomic E-state index is 0.493. The molecule has 1 aliphatic rings. The van der Waals surface area contributed by atoms with Crippen molar-refractivity contribution in [3.63, 3.8) is 0 Å². The largest absolute Gasteiger partial charge is 0.467 e. The molecule has 108 valence electrons. The number of hydrogen-bond donors (Lipinski definition) is 1. The van der Waals surface area contributed by atoms with E-state index in [1.165, 1.54) is 23.4 Å². The Bertz CT molecular complexity index is 549. The SMILES string of the molecule is CCNC1CCCc2nc(N(C)Cc3ccco3)sc21. The van der Waals surface area contributed by atoms with Gasteiger partial charge in [-0.1, -0.05) is 18.3 Å². The summed E-state index contributed by atoms with van der Waals surface area (Å²) in [7, 11) is 2.08. The van der Waals surface area contributed by atoms with E-state index in [1.54, 1.807) is 6.26 Å². The fraction of sp³-hybridized carbons (Fsp3) is 0.533. The number of anilines is 1. The van der Waals surface area contributed by atoms with E-state index in [0.29, 0.717) is 6.04 Å². The molecule has 1 atom stereocenters. The van der Waals surface area contributed by atoms with Gasteiger partial charge in [-0.2, -0.15) is 0 Å². The van der Waals surface area contributed by atoms with E-state index in [-0.39, 0.29) is 0 Å². The van der Waals surface area contributed by atoms with Gasteiger partial charge in [0.2, 0.25) is 0 Å². The summed E-state index contributed by atoms with van der Waals surface area (Å²) >= 11 is 1.82. The molecule has 0 fully saturated rings. The molecule has 1 aliphatic carbocycles. The quantitative estimate of drug-likeness (QED) is 0.917. The van der Waals surface area contributed by atoms with Gasteiger partial charge in [-0.05, 0) is 37.9 Å². The first-order valence-electron chi connectivity index (χ1n) is 7.24. The van der Waals surface area contributed by atoms with Gasteiger partial charge in [0.1, 0.15) is 5.76 Å². The molecule has 3 rings (SSSR count). The highest BCUT2D eigenvalue weighted by Gasteiger charge is 2.24. The van der Waals surface area contributed by atoms with Gasteiger partial charge < -0.3 is 14.6 Å². The van der Waals surface area contributed by atoms with E-state index in [0.717, 1.165) is 30.4 Å². The summed E-state index contributed by atoms with van der Waals surface area (Å²) in [4.78, 5) is 8.43. The second-order valence-corrected chi connectivity index (χ2v) is 6.25. The molecule has 1 N–H and O–H groups in total. The zero-order valence-electron chi connectivity index (χ0n) is 12.1. The van der Waals surface area contributed by atoms with Crippen LogP contribution in [-0.2, 0) is 13.0 Å². The summed E-state index contributed by atoms with van der Waals surface area (Å²) < 4.78 is 5.41. The Kier molecular flexibility index (Phi) is 4.08. The Morgan fingerprint density at radius 1 is 1.55 bits per heavy atom. The first-order valence-corrected chi connectivity index (χ1v) is 8.06. The average Bonchev–Trinajstić information content (AvgIpc) is 3.08. The number of aryl methyl sites for hydroxylation is 1. The number of thiazole rings is 1. The number of hydrogen-bond acceptors (Lipinski definition) is 5. The predicted octanol–water partition coefficient (Wildman–Crippen LogP) is 3.36. The topological polar surface area (TPSA) is 41.3 Å². The summed E-state index contributed by atoms with van der Waals surface area (Å²) in [6, 6.07) is 4.43. The van der Waals surface area contributed by atoms with Crippen molar-refractivity contribution in [1.29, 1.82) is 0 Å². The van der Waals surface area contributed by atoms with Crippen molar-refractivity contribution in [2.24, 2.45) is 0 Å². The molecule has 0 saturated carbocycles. The van der Waals surface area contributed by atoms with E-state index >= 15 is 0 Å². The van der Waals surface area contributed by atoms with Crippen LogP contribution in [0.25, 0.3) is 0 Å². The molecule has 0 bridgehead atoms. The highest BCUT2D eigenvalue weighted by molar-refractivity contribution is 7.15. The van der Waals surface area contributed by atoms with Crippen LogP contribution in [0.1, 0.15) is 42.1 Å². The Morgan fingerprint density at radius 3 is 3.20 bits per heavy atom. The van der Waals surface area contributed by atoms with Crippen molar-refractivity contribution in [3.8, 4) is 0 Å². The molecule has 0 amide bonds. The summed E-state index contributed by atoms with van der Waals surface area (Å²) in [5, 5.41) is 4.67. The van der Waals surface area contributed by atoms with Gasteiger partial charge in [0, 0.05) is 18.0 Å². The molecule has 4 nitrogen and oxygen atoms in total. The number of nitrogens with zero attached hydrogens (tertiary/aromatic N) is 2. The number of rotatable bonds is 5. The van der Waals surface area contributed by atoms with Crippen molar-refractivity contribution in [1.82, 2.24) is 10.3 Å². The van der Waals surface area contributed by atoms with Crippen molar-refractivity contribution >= 4 is 16.5 Å². The highest BCUT2D eigenvalue weighted by atomic mass is 32.1. The van der Waals surface area contributed by atoms with Crippen LogP contribution in [0, 0.1) is 0 Å². The second kappa shape index (κ2) is 5.97. The molecule has 20 heavy (non-hydrogen) atoms. The zero-order valence-corrected chi connectivity index (χ0v) is 12.9. The van der Waals surface area contributed by atoms with Crippen LogP contribution in [0.4, 0.5) is 5.13 Å². The monoisotopic (exact) mass is 291 g/mol. The van der Waals surface area contributed by atoms with Crippen molar-refractivity contribution in [2.75, 3.05) is 18.5 Å². The maximum Gasteiger partial charge on any atom is 0.185 e. The van der Waals surface area contributed by atoms with Crippen LogP contribution in [0.3, 0.4) is 0 Å². The molecule has 0 saturated heterocycles. The lowest BCUT2D eigenvalue weighted by molar-refractivity contribution is 0.476. The molecule has 2 heterocycles. The van der Waals surface area contributed by atoms with Gasteiger partial charge in [0.05, 0.1) is 18.5 Å². The van der Waals surface area contributed by atoms with Gasteiger partial charge in [-0.15, -0.1) is 0 Å². The third kappa shape index (κ3) is 2.74. The lowest BCUT2D eigenvalue weighted by Crippen LogP contribution is -2.23.